The van der Waals surface area contributed by atoms with Gasteiger partial charge in [0.1, 0.15) is 0 Å². The molecular weight excluding hydrogens is 214 g/mol. The Bertz CT molecular complexity index is 385. The molecule has 2 aliphatic rings. The van der Waals surface area contributed by atoms with Gasteiger partial charge in [0.25, 0.3) is 0 Å². The van der Waals surface area contributed by atoms with Gasteiger partial charge in [-0.3, -0.25) is 0 Å². The molecule has 0 radical (unpaired) electrons. The van der Waals surface area contributed by atoms with Crippen LogP contribution >= 0.6 is 0 Å². The molecule has 0 atom stereocenters. The monoisotopic (exact) mass is 235 g/mol. The largest absolute Gasteiger partial charge is 0.339 e. The van der Waals surface area contributed by atoms with Gasteiger partial charge in [0.2, 0.25) is 5.89 Å². The Morgan fingerprint density at radius 3 is 2.47 bits per heavy atom. The number of rotatable bonds is 2. The molecule has 1 saturated heterocycles. The third-order valence-corrected chi connectivity index (χ3v) is 4.29. The minimum absolute atomic E-state index is 0.455. The van der Waals surface area contributed by atoms with E-state index in [1.54, 1.807) is 0 Å². The minimum atomic E-state index is 0.455. The summed E-state index contributed by atoms with van der Waals surface area (Å²) >= 11 is 0. The summed E-state index contributed by atoms with van der Waals surface area (Å²) in [5.74, 6) is 2.76. The van der Waals surface area contributed by atoms with Crippen molar-refractivity contribution in [3.63, 3.8) is 0 Å². The first-order chi connectivity index (χ1) is 8.14. The van der Waals surface area contributed by atoms with Crippen molar-refractivity contribution < 1.29 is 4.52 Å². The van der Waals surface area contributed by atoms with Gasteiger partial charge in [-0.05, 0) is 31.1 Å². The molecule has 3 rings (SSSR count). The predicted molar refractivity (Wildman–Crippen MR) is 64.9 cm³/mol. The van der Waals surface area contributed by atoms with E-state index in [1.165, 1.54) is 25.7 Å². The van der Waals surface area contributed by atoms with Crippen LogP contribution in [-0.2, 0) is 0 Å². The van der Waals surface area contributed by atoms with E-state index < -0.39 is 0 Å². The van der Waals surface area contributed by atoms with Crippen molar-refractivity contribution in [2.45, 2.75) is 51.4 Å². The zero-order valence-electron chi connectivity index (χ0n) is 10.7. The first-order valence-corrected chi connectivity index (χ1v) is 6.68. The molecule has 1 aromatic rings. The van der Waals surface area contributed by atoms with E-state index >= 15 is 0 Å². The lowest BCUT2D eigenvalue weighted by Crippen LogP contribution is -2.40. The molecule has 1 aliphatic carbocycles. The molecule has 0 unspecified atom stereocenters. The third-order valence-electron chi connectivity index (χ3n) is 4.29. The number of nitrogens with zero attached hydrogens (tertiary/aromatic N) is 2. The summed E-state index contributed by atoms with van der Waals surface area (Å²) in [4.78, 5) is 4.59. The summed E-state index contributed by atoms with van der Waals surface area (Å²) in [6.07, 6.45) is 4.95. The molecule has 0 bridgehead atoms. The lowest BCUT2D eigenvalue weighted by atomic mass is 9.73. The molecule has 2 fully saturated rings. The average Bonchev–Trinajstić information content (AvgIpc) is 2.64. The second kappa shape index (κ2) is 4.09. The Kier molecular flexibility index (Phi) is 2.69. The van der Waals surface area contributed by atoms with Gasteiger partial charge in [0.05, 0.1) is 5.92 Å². The van der Waals surface area contributed by atoms with Gasteiger partial charge in [0.15, 0.2) is 5.82 Å². The quantitative estimate of drug-likeness (QED) is 0.855. The van der Waals surface area contributed by atoms with Gasteiger partial charge >= 0.3 is 0 Å². The summed E-state index contributed by atoms with van der Waals surface area (Å²) in [6.45, 7) is 6.68. The SMILES string of the molecule is CC1(C)CCC(c2noc(C3CNC3)n2)CC1. The van der Waals surface area contributed by atoms with E-state index in [0.29, 0.717) is 17.3 Å². The van der Waals surface area contributed by atoms with Crippen LogP contribution in [0.25, 0.3) is 0 Å². The Labute approximate surface area is 102 Å². The summed E-state index contributed by atoms with van der Waals surface area (Å²) < 4.78 is 5.37. The van der Waals surface area contributed by atoms with Gasteiger partial charge in [0, 0.05) is 19.0 Å². The van der Waals surface area contributed by atoms with E-state index in [9.17, 15) is 0 Å². The highest BCUT2D eigenvalue weighted by atomic mass is 16.5. The number of hydrogen-bond donors (Lipinski definition) is 1. The fraction of sp³-hybridized carbons (Fsp3) is 0.846. The van der Waals surface area contributed by atoms with Gasteiger partial charge in [-0.25, -0.2) is 0 Å². The molecule has 0 amide bonds. The Morgan fingerprint density at radius 2 is 1.88 bits per heavy atom. The highest BCUT2D eigenvalue weighted by Gasteiger charge is 2.31. The molecule has 94 valence electrons. The van der Waals surface area contributed by atoms with E-state index in [0.717, 1.165) is 24.8 Å². The van der Waals surface area contributed by atoms with E-state index in [-0.39, 0.29) is 0 Å². The lowest BCUT2D eigenvalue weighted by Gasteiger charge is -2.32. The predicted octanol–water partition coefficient (Wildman–Crippen LogP) is 2.44. The second-order valence-electron chi connectivity index (χ2n) is 6.28. The summed E-state index contributed by atoms with van der Waals surface area (Å²) in [7, 11) is 0. The molecule has 2 heterocycles. The van der Waals surface area contributed by atoms with Crippen LogP contribution in [0.15, 0.2) is 4.52 Å². The minimum Gasteiger partial charge on any atom is -0.339 e. The Morgan fingerprint density at radius 1 is 1.18 bits per heavy atom. The van der Waals surface area contributed by atoms with E-state index in [2.05, 4.69) is 29.3 Å². The van der Waals surface area contributed by atoms with Gasteiger partial charge in [-0.1, -0.05) is 19.0 Å². The number of nitrogens with one attached hydrogen (secondary N) is 1. The van der Waals surface area contributed by atoms with Crippen LogP contribution in [0.1, 0.15) is 63.1 Å². The summed E-state index contributed by atoms with van der Waals surface area (Å²) in [5.41, 5.74) is 0.501. The van der Waals surface area contributed by atoms with E-state index in [1.807, 2.05) is 0 Å². The third kappa shape index (κ3) is 2.23. The maximum absolute atomic E-state index is 5.37. The first-order valence-electron chi connectivity index (χ1n) is 6.68. The summed E-state index contributed by atoms with van der Waals surface area (Å²) in [5, 5.41) is 7.41. The normalized spacial score (nSPS) is 25.8. The maximum atomic E-state index is 5.37. The van der Waals surface area contributed by atoms with Crippen LogP contribution in [0.4, 0.5) is 0 Å². The zero-order chi connectivity index (χ0) is 11.9. The van der Waals surface area contributed by atoms with Crippen LogP contribution in [-0.4, -0.2) is 23.2 Å². The van der Waals surface area contributed by atoms with Gasteiger partial charge in [-0.2, -0.15) is 4.98 Å². The molecule has 0 spiro atoms. The zero-order valence-corrected chi connectivity index (χ0v) is 10.7. The van der Waals surface area contributed by atoms with E-state index in [4.69, 9.17) is 4.52 Å². The Hall–Kier alpha value is -0.900. The van der Waals surface area contributed by atoms with Gasteiger partial charge < -0.3 is 9.84 Å². The van der Waals surface area contributed by atoms with Crippen LogP contribution in [0.2, 0.25) is 0 Å². The molecular formula is C13H21N3O. The average molecular weight is 235 g/mol. The standard InChI is InChI=1S/C13H21N3O/c1-13(2)5-3-9(4-6-13)11-15-12(17-16-11)10-7-14-8-10/h9-10,14H,3-8H2,1-2H3. The van der Waals surface area contributed by atoms with Crippen molar-refractivity contribution in [3.05, 3.63) is 11.7 Å². The molecule has 17 heavy (non-hydrogen) atoms. The van der Waals surface area contributed by atoms with Crippen LogP contribution in [0, 0.1) is 5.41 Å². The topological polar surface area (TPSA) is 51.0 Å². The van der Waals surface area contributed by atoms with Crippen molar-refractivity contribution >= 4 is 0 Å². The molecule has 0 aromatic carbocycles. The lowest BCUT2D eigenvalue weighted by molar-refractivity contribution is 0.218. The summed E-state index contributed by atoms with van der Waals surface area (Å²) in [6, 6.07) is 0. The molecule has 1 N–H and O–H groups in total. The second-order valence-corrected chi connectivity index (χ2v) is 6.28. The molecule has 1 saturated carbocycles. The fourth-order valence-electron chi connectivity index (χ4n) is 2.70. The maximum Gasteiger partial charge on any atom is 0.232 e. The molecule has 4 nitrogen and oxygen atoms in total. The smallest absolute Gasteiger partial charge is 0.232 e. The molecule has 4 heteroatoms. The highest BCUT2D eigenvalue weighted by molar-refractivity contribution is 5.04. The van der Waals surface area contributed by atoms with Crippen molar-refractivity contribution in [2.75, 3.05) is 13.1 Å². The molecule has 1 aromatic heterocycles. The van der Waals surface area contributed by atoms with Crippen molar-refractivity contribution in [1.82, 2.24) is 15.5 Å². The number of hydrogen-bond acceptors (Lipinski definition) is 4. The number of aromatic nitrogens is 2. The van der Waals surface area contributed by atoms with Gasteiger partial charge in [-0.15, -0.1) is 0 Å². The first kappa shape index (κ1) is 11.2. The van der Waals surface area contributed by atoms with Crippen molar-refractivity contribution in [2.24, 2.45) is 5.41 Å². The Balaban J connectivity index is 1.66. The van der Waals surface area contributed by atoms with Crippen LogP contribution in [0.3, 0.4) is 0 Å². The fourth-order valence-corrected chi connectivity index (χ4v) is 2.70. The van der Waals surface area contributed by atoms with Crippen LogP contribution < -0.4 is 5.32 Å². The molecule has 1 aliphatic heterocycles. The van der Waals surface area contributed by atoms with Crippen molar-refractivity contribution in [3.8, 4) is 0 Å². The van der Waals surface area contributed by atoms with Crippen molar-refractivity contribution in [1.29, 1.82) is 0 Å². The van der Waals surface area contributed by atoms with Crippen LogP contribution in [0.5, 0.6) is 0 Å². The highest BCUT2D eigenvalue weighted by Crippen LogP contribution is 2.41.